The summed E-state index contributed by atoms with van der Waals surface area (Å²) >= 11 is 1.85. The molecule has 0 fully saturated rings. The number of furan rings is 1. The van der Waals surface area contributed by atoms with Crippen molar-refractivity contribution in [3.8, 4) is 33.4 Å². The van der Waals surface area contributed by atoms with E-state index in [1.165, 1.54) is 64.3 Å². The van der Waals surface area contributed by atoms with Gasteiger partial charge in [0, 0.05) is 42.3 Å². The molecule has 11 aromatic rings. The molecule has 9 aromatic carbocycles. The summed E-state index contributed by atoms with van der Waals surface area (Å²) in [6.07, 6.45) is 0. The zero-order valence-electron chi connectivity index (χ0n) is 29.8. The Labute approximate surface area is 322 Å². The fourth-order valence-corrected chi connectivity index (χ4v) is 9.42. The van der Waals surface area contributed by atoms with Gasteiger partial charge in [0.2, 0.25) is 0 Å². The molecule has 11 rings (SSSR count). The lowest BCUT2D eigenvalue weighted by molar-refractivity contribution is 0.669. The first-order chi connectivity index (χ1) is 27.3. The average Bonchev–Trinajstić information content (AvgIpc) is 3.83. The Bertz CT molecular complexity index is 3090. The fourth-order valence-electron chi connectivity index (χ4n) is 8.20. The van der Waals surface area contributed by atoms with Gasteiger partial charge in [-0.3, -0.25) is 0 Å². The maximum atomic E-state index is 6.90. The number of fused-ring (bicyclic) bond motifs is 8. The largest absolute Gasteiger partial charge is 0.454 e. The number of hydrogen-bond donors (Lipinski definition) is 0. The van der Waals surface area contributed by atoms with E-state index >= 15 is 0 Å². The van der Waals surface area contributed by atoms with Crippen LogP contribution in [0, 0.1) is 0 Å². The van der Waals surface area contributed by atoms with Gasteiger partial charge in [-0.1, -0.05) is 152 Å². The molecule has 0 atom stereocenters. The van der Waals surface area contributed by atoms with E-state index in [9.17, 15) is 0 Å². The number of rotatable bonds is 6. The van der Waals surface area contributed by atoms with Crippen LogP contribution in [-0.4, -0.2) is 0 Å². The topological polar surface area (TPSA) is 16.4 Å². The van der Waals surface area contributed by atoms with Crippen molar-refractivity contribution in [3.05, 3.63) is 200 Å². The van der Waals surface area contributed by atoms with Crippen LogP contribution in [0.3, 0.4) is 0 Å². The lowest BCUT2D eigenvalue weighted by Gasteiger charge is -2.26. The Kier molecular flexibility index (Phi) is 7.39. The molecule has 2 aromatic heterocycles. The first kappa shape index (κ1) is 31.6. The molecular weight excluding hydrogens is 687 g/mol. The molecule has 55 heavy (non-hydrogen) atoms. The third kappa shape index (κ3) is 5.32. The lowest BCUT2D eigenvalue weighted by atomic mass is 9.96. The van der Waals surface area contributed by atoms with Crippen LogP contribution >= 0.6 is 11.3 Å². The van der Waals surface area contributed by atoms with E-state index in [4.69, 9.17) is 4.42 Å². The number of anilines is 3. The second-order valence-corrected chi connectivity index (χ2v) is 15.1. The van der Waals surface area contributed by atoms with Crippen molar-refractivity contribution in [2.45, 2.75) is 0 Å². The van der Waals surface area contributed by atoms with Crippen molar-refractivity contribution in [3.63, 3.8) is 0 Å². The Balaban J connectivity index is 1.17. The van der Waals surface area contributed by atoms with Crippen molar-refractivity contribution in [2.75, 3.05) is 4.90 Å². The molecule has 0 saturated carbocycles. The van der Waals surface area contributed by atoms with Gasteiger partial charge < -0.3 is 9.32 Å². The molecule has 0 amide bonds. The van der Waals surface area contributed by atoms with Crippen LogP contribution in [0.2, 0.25) is 0 Å². The third-order valence-corrected chi connectivity index (χ3v) is 12.1. The lowest BCUT2D eigenvalue weighted by Crippen LogP contribution is -2.10. The molecule has 2 nitrogen and oxygen atoms in total. The van der Waals surface area contributed by atoms with Gasteiger partial charge in [-0.2, -0.15) is 0 Å². The summed E-state index contributed by atoms with van der Waals surface area (Å²) in [5, 5.41) is 7.26. The minimum absolute atomic E-state index is 0.883. The number of nitrogens with zero attached hydrogens (tertiary/aromatic N) is 1. The monoisotopic (exact) mass is 719 g/mol. The molecule has 2 heterocycles. The van der Waals surface area contributed by atoms with Crippen LogP contribution < -0.4 is 4.90 Å². The summed E-state index contributed by atoms with van der Waals surface area (Å²) < 4.78 is 9.41. The molecule has 0 saturated heterocycles. The molecule has 0 spiro atoms. The fraction of sp³-hybridized carbons (Fsp3) is 0. The van der Waals surface area contributed by atoms with E-state index < -0.39 is 0 Å². The molecule has 0 radical (unpaired) electrons. The first-order valence-corrected chi connectivity index (χ1v) is 19.5. The summed E-state index contributed by atoms with van der Waals surface area (Å²) in [6, 6.07) is 72.0. The maximum Gasteiger partial charge on any atom is 0.160 e. The molecule has 258 valence electrons. The standard InChI is InChI=1S/C52H33NOS/c1-3-12-34(13-4-1)36-22-27-40(28-23-36)53(41-29-24-37(25-30-41)35-14-5-2-6-15-35)47-33-46-45-32-39(43-20-11-17-38-16-7-8-18-42(38)43)26-31-49(45)55-52(46)50-44-19-9-10-21-48(44)54-51(47)50/h1-33H. The minimum atomic E-state index is 0.883. The quantitative estimate of drug-likeness (QED) is 0.170. The third-order valence-electron chi connectivity index (χ3n) is 10.9. The van der Waals surface area contributed by atoms with Gasteiger partial charge in [0.15, 0.2) is 5.58 Å². The van der Waals surface area contributed by atoms with E-state index in [1.54, 1.807) is 0 Å². The zero-order chi connectivity index (χ0) is 36.3. The molecule has 0 aliphatic rings. The Hall–Kier alpha value is -6.94. The van der Waals surface area contributed by atoms with Crippen molar-refractivity contribution in [2.24, 2.45) is 0 Å². The van der Waals surface area contributed by atoms with Crippen molar-refractivity contribution in [1.29, 1.82) is 0 Å². The molecule has 0 bridgehead atoms. The van der Waals surface area contributed by atoms with Crippen LogP contribution in [0.25, 0.3) is 86.3 Å². The number of thiophene rings is 1. The maximum absolute atomic E-state index is 6.90. The number of benzene rings is 9. The Morgan fingerprint density at radius 3 is 1.65 bits per heavy atom. The highest BCUT2D eigenvalue weighted by Crippen LogP contribution is 2.50. The Morgan fingerprint density at radius 2 is 0.964 bits per heavy atom. The van der Waals surface area contributed by atoms with Crippen LogP contribution in [0.4, 0.5) is 17.1 Å². The van der Waals surface area contributed by atoms with Crippen LogP contribution in [-0.2, 0) is 0 Å². The molecule has 0 unspecified atom stereocenters. The normalized spacial score (nSPS) is 11.6. The van der Waals surface area contributed by atoms with Gasteiger partial charge in [-0.25, -0.2) is 0 Å². The summed E-state index contributed by atoms with van der Waals surface area (Å²) in [7, 11) is 0. The predicted molar refractivity (Wildman–Crippen MR) is 235 cm³/mol. The van der Waals surface area contributed by atoms with Gasteiger partial charge in [0.25, 0.3) is 0 Å². The van der Waals surface area contributed by atoms with E-state index in [0.717, 1.165) is 39.0 Å². The SMILES string of the molecule is c1ccc(-c2ccc(N(c3ccc(-c4ccccc4)cc3)c3cc4c5cc(-c6cccc7ccccc67)ccc5sc4c4c3oc3ccccc34)cc2)cc1. The van der Waals surface area contributed by atoms with Crippen LogP contribution in [0.15, 0.2) is 205 Å². The summed E-state index contributed by atoms with van der Waals surface area (Å²) in [5.41, 5.74) is 12.1. The van der Waals surface area contributed by atoms with Crippen LogP contribution in [0.1, 0.15) is 0 Å². The van der Waals surface area contributed by atoms with Gasteiger partial charge in [0.1, 0.15) is 5.58 Å². The molecule has 0 N–H and O–H groups in total. The van der Waals surface area contributed by atoms with E-state index in [2.05, 4.69) is 205 Å². The smallest absolute Gasteiger partial charge is 0.160 e. The Morgan fingerprint density at radius 1 is 0.400 bits per heavy atom. The summed E-state index contributed by atoms with van der Waals surface area (Å²) in [5.74, 6) is 0. The van der Waals surface area contributed by atoms with E-state index in [0.29, 0.717) is 0 Å². The van der Waals surface area contributed by atoms with Crippen LogP contribution in [0.5, 0.6) is 0 Å². The van der Waals surface area contributed by atoms with E-state index in [-0.39, 0.29) is 0 Å². The molecule has 0 aliphatic carbocycles. The highest BCUT2D eigenvalue weighted by Gasteiger charge is 2.24. The summed E-state index contributed by atoms with van der Waals surface area (Å²) in [4.78, 5) is 2.37. The van der Waals surface area contributed by atoms with Gasteiger partial charge in [0.05, 0.1) is 5.69 Å². The minimum Gasteiger partial charge on any atom is -0.454 e. The van der Waals surface area contributed by atoms with Gasteiger partial charge in [-0.05, 0) is 92.7 Å². The highest BCUT2D eigenvalue weighted by molar-refractivity contribution is 7.26. The average molecular weight is 720 g/mol. The second-order valence-electron chi connectivity index (χ2n) is 14.1. The predicted octanol–water partition coefficient (Wildman–Crippen LogP) is 15.6. The molecule has 3 heteroatoms. The molecule has 0 aliphatic heterocycles. The highest BCUT2D eigenvalue weighted by atomic mass is 32.1. The van der Waals surface area contributed by atoms with Crippen molar-refractivity contribution < 1.29 is 4.42 Å². The van der Waals surface area contributed by atoms with Crippen molar-refractivity contribution in [1.82, 2.24) is 0 Å². The number of hydrogen-bond acceptors (Lipinski definition) is 3. The van der Waals surface area contributed by atoms with E-state index in [1.807, 2.05) is 11.3 Å². The number of para-hydroxylation sites is 1. The first-order valence-electron chi connectivity index (χ1n) is 18.7. The van der Waals surface area contributed by atoms with Gasteiger partial charge in [-0.15, -0.1) is 11.3 Å². The van der Waals surface area contributed by atoms with Gasteiger partial charge >= 0.3 is 0 Å². The zero-order valence-corrected chi connectivity index (χ0v) is 30.6. The second kappa shape index (κ2) is 12.9. The molecular formula is C52H33NOS. The summed E-state index contributed by atoms with van der Waals surface area (Å²) in [6.45, 7) is 0. The van der Waals surface area contributed by atoms with Crippen molar-refractivity contribution >= 4 is 81.3 Å².